The maximum atomic E-state index is 12.1. The summed E-state index contributed by atoms with van der Waals surface area (Å²) in [7, 11) is 0. The Hall–Kier alpha value is -1.10. The fraction of sp³-hybridized carbons (Fsp3) is 0.926. The molecule has 5 heteroatoms. The Morgan fingerprint density at radius 2 is 1.59 bits per heavy atom. The summed E-state index contributed by atoms with van der Waals surface area (Å²) in [5, 5.41) is 9.56. The smallest absolute Gasteiger partial charge is 0.302 e. The van der Waals surface area contributed by atoms with E-state index in [-0.39, 0.29) is 41.6 Å². The van der Waals surface area contributed by atoms with E-state index >= 15 is 0 Å². The molecule has 0 aromatic heterocycles. The van der Waals surface area contributed by atoms with Crippen molar-refractivity contribution < 1.29 is 24.2 Å². The van der Waals surface area contributed by atoms with Crippen molar-refractivity contribution in [3.8, 4) is 0 Å². The van der Waals surface area contributed by atoms with Crippen LogP contribution in [0.1, 0.15) is 92.4 Å². The molecule has 0 aromatic rings. The Morgan fingerprint density at radius 1 is 0.938 bits per heavy atom. The van der Waals surface area contributed by atoms with Crippen molar-refractivity contribution in [1.82, 2.24) is 0 Å². The Kier molecular flexibility index (Phi) is 6.70. The molecular weight excluding hydrogens is 404 g/mol. The maximum Gasteiger partial charge on any atom is 0.302 e. The number of ether oxygens (including phenoxy) is 2. The van der Waals surface area contributed by atoms with Crippen molar-refractivity contribution in [3.63, 3.8) is 0 Å². The molecule has 0 aromatic carbocycles. The van der Waals surface area contributed by atoms with Gasteiger partial charge in [0.25, 0.3) is 0 Å². The molecule has 0 spiro atoms. The van der Waals surface area contributed by atoms with Crippen LogP contribution in [-0.2, 0) is 19.1 Å². The molecule has 0 heterocycles. The molecule has 4 fully saturated rings. The van der Waals surface area contributed by atoms with Crippen LogP contribution in [0.4, 0.5) is 0 Å². The van der Waals surface area contributed by atoms with Crippen LogP contribution in [0.3, 0.4) is 0 Å². The second-order valence-electron chi connectivity index (χ2n) is 12.1. The van der Waals surface area contributed by atoms with Crippen LogP contribution in [0.5, 0.6) is 0 Å². The second kappa shape index (κ2) is 8.92. The highest BCUT2D eigenvalue weighted by Crippen LogP contribution is 2.68. The zero-order valence-electron chi connectivity index (χ0n) is 20.8. The lowest BCUT2D eigenvalue weighted by atomic mass is 9.43. The molecular formula is C27H44O5. The van der Waals surface area contributed by atoms with E-state index in [1.807, 2.05) is 0 Å². The zero-order valence-corrected chi connectivity index (χ0v) is 20.8. The largest absolute Gasteiger partial charge is 0.463 e. The van der Waals surface area contributed by atoms with Crippen LogP contribution in [0, 0.1) is 46.3 Å². The molecule has 0 unspecified atom stereocenters. The summed E-state index contributed by atoms with van der Waals surface area (Å²) in [5.74, 6) is 2.83. The van der Waals surface area contributed by atoms with Gasteiger partial charge in [0.2, 0.25) is 0 Å². The van der Waals surface area contributed by atoms with E-state index < -0.39 is 0 Å². The fourth-order valence-electron chi connectivity index (χ4n) is 9.22. The number of esters is 2. The Balaban J connectivity index is 1.62. The molecule has 1 N–H and O–H groups in total. The monoisotopic (exact) mass is 448 g/mol. The van der Waals surface area contributed by atoms with Crippen LogP contribution in [-0.4, -0.2) is 35.9 Å². The molecule has 32 heavy (non-hydrogen) atoms. The minimum atomic E-state index is -0.189. The van der Waals surface area contributed by atoms with E-state index in [4.69, 9.17) is 9.47 Å². The van der Waals surface area contributed by atoms with Crippen molar-refractivity contribution in [2.75, 3.05) is 6.61 Å². The number of carbonyl (C=O) groups excluding carboxylic acids is 2. The number of aliphatic hydroxyl groups excluding tert-OH is 1. The third-order valence-electron chi connectivity index (χ3n) is 10.6. The van der Waals surface area contributed by atoms with Gasteiger partial charge in [-0.2, -0.15) is 0 Å². The van der Waals surface area contributed by atoms with E-state index in [2.05, 4.69) is 20.8 Å². The van der Waals surface area contributed by atoms with Gasteiger partial charge in [0.1, 0.15) is 12.2 Å². The number of hydrogen-bond donors (Lipinski definition) is 1. The van der Waals surface area contributed by atoms with Crippen molar-refractivity contribution in [2.45, 2.75) is 105 Å². The summed E-state index contributed by atoms with van der Waals surface area (Å²) < 4.78 is 11.7. The molecule has 4 aliphatic rings. The van der Waals surface area contributed by atoms with Crippen LogP contribution < -0.4 is 0 Å². The first kappa shape index (κ1) is 24.0. The van der Waals surface area contributed by atoms with Crippen LogP contribution in [0.2, 0.25) is 0 Å². The van der Waals surface area contributed by atoms with Crippen LogP contribution in [0.25, 0.3) is 0 Å². The normalized spacial score (nSPS) is 46.4. The Bertz CT molecular complexity index is 721. The van der Waals surface area contributed by atoms with Gasteiger partial charge < -0.3 is 14.6 Å². The average Bonchev–Trinajstić information content (AvgIpc) is 3.05. The summed E-state index contributed by atoms with van der Waals surface area (Å²) in [4.78, 5) is 23.7. The van der Waals surface area contributed by atoms with Gasteiger partial charge in [0.15, 0.2) is 0 Å². The van der Waals surface area contributed by atoms with E-state index in [0.717, 1.165) is 32.1 Å². The first-order chi connectivity index (χ1) is 15.1. The highest BCUT2D eigenvalue weighted by atomic mass is 16.5. The lowest BCUT2D eigenvalue weighted by molar-refractivity contribution is -0.197. The van der Waals surface area contributed by atoms with Gasteiger partial charge in [-0.15, -0.1) is 0 Å². The van der Waals surface area contributed by atoms with Crippen molar-refractivity contribution in [3.05, 3.63) is 0 Å². The third kappa shape index (κ3) is 4.01. The highest BCUT2D eigenvalue weighted by Gasteiger charge is 2.63. The minimum Gasteiger partial charge on any atom is -0.463 e. The standard InChI is InChI=1S/C27H44O5/c1-16(10-13-28)21-6-7-22-25-23(9-12-27(21,22)5)26(4)11-8-20(31-17(2)29)14-19(26)15-24(25)32-18(3)30/h16,19-25,28H,6-15H2,1-5H3/t16-,19+,20-,21-,22+,23+,24-,25+,26+,27-/m1/s1. The summed E-state index contributed by atoms with van der Waals surface area (Å²) in [6, 6.07) is 0. The van der Waals surface area contributed by atoms with Gasteiger partial charge in [-0.25, -0.2) is 0 Å². The maximum absolute atomic E-state index is 12.1. The number of rotatable bonds is 5. The fourth-order valence-corrected chi connectivity index (χ4v) is 9.22. The topological polar surface area (TPSA) is 72.8 Å². The van der Waals surface area contributed by atoms with Gasteiger partial charge in [0.05, 0.1) is 0 Å². The minimum absolute atomic E-state index is 0.00384. The van der Waals surface area contributed by atoms with Gasteiger partial charge in [0, 0.05) is 26.4 Å². The first-order valence-electron chi connectivity index (χ1n) is 13.1. The number of hydrogen-bond acceptors (Lipinski definition) is 5. The average molecular weight is 449 g/mol. The van der Waals surface area contributed by atoms with Crippen molar-refractivity contribution in [1.29, 1.82) is 0 Å². The molecule has 0 radical (unpaired) electrons. The lowest BCUT2D eigenvalue weighted by Crippen LogP contribution is -2.59. The molecule has 0 bridgehead atoms. The number of fused-ring (bicyclic) bond motifs is 5. The molecule has 182 valence electrons. The predicted molar refractivity (Wildman–Crippen MR) is 123 cm³/mol. The van der Waals surface area contributed by atoms with E-state index in [1.165, 1.54) is 32.6 Å². The Labute approximate surface area is 194 Å². The van der Waals surface area contributed by atoms with Crippen molar-refractivity contribution in [2.24, 2.45) is 46.3 Å². The number of aliphatic hydroxyl groups is 1. The molecule has 4 saturated carbocycles. The summed E-state index contributed by atoms with van der Waals surface area (Å²) >= 11 is 0. The van der Waals surface area contributed by atoms with Crippen molar-refractivity contribution >= 4 is 11.9 Å². The highest BCUT2D eigenvalue weighted by molar-refractivity contribution is 5.66. The molecule has 0 aliphatic heterocycles. The Morgan fingerprint density at radius 3 is 2.25 bits per heavy atom. The first-order valence-corrected chi connectivity index (χ1v) is 13.1. The van der Waals surface area contributed by atoms with Gasteiger partial charge in [-0.3, -0.25) is 9.59 Å². The molecule has 0 amide bonds. The van der Waals surface area contributed by atoms with E-state index in [0.29, 0.717) is 35.5 Å². The summed E-state index contributed by atoms with van der Waals surface area (Å²) in [6.45, 7) is 10.6. The van der Waals surface area contributed by atoms with Gasteiger partial charge in [-0.05, 0) is 98.2 Å². The molecule has 5 nitrogen and oxygen atoms in total. The molecule has 4 aliphatic carbocycles. The van der Waals surface area contributed by atoms with Gasteiger partial charge >= 0.3 is 11.9 Å². The van der Waals surface area contributed by atoms with E-state index in [1.54, 1.807) is 6.92 Å². The third-order valence-corrected chi connectivity index (χ3v) is 10.6. The summed E-state index contributed by atoms with van der Waals surface area (Å²) in [6.07, 6.45) is 9.58. The molecule has 4 rings (SSSR count). The second-order valence-corrected chi connectivity index (χ2v) is 12.1. The predicted octanol–water partition coefficient (Wildman–Crippen LogP) is 5.14. The quantitative estimate of drug-likeness (QED) is 0.590. The summed E-state index contributed by atoms with van der Waals surface area (Å²) in [5.41, 5.74) is 0.500. The zero-order chi connectivity index (χ0) is 23.3. The number of carbonyl (C=O) groups is 2. The molecule has 0 saturated heterocycles. The van der Waals surface area contributed by atoms with Crippen LogP contribution in [0.15, 0.2) is 0 Å². The molecule has 10 atom stereocenters. The lowest BCUT2D eigenvalue weighted by Gasteiger charge is -2.62. The van der Waals surface area contributed by atoms with E-state index in [9.17, 15) is 14.7 Å². The van der Waals surface area contributed by atoms with Crippen LogP contribution >= 0.6 is 0 Å². The van der Waals surface area contributed by atoms with Gasteiger partial charge in [-0.1, -0.05) is 20.8 Å². The SMILES string of the molecule is CC(=O)O[C@@H]1CC[C@@]2(C)[C@@H](C1)C[C@@H](OC(C)=O)[C@@H]1[C@@H]2CC[C@]2(C)[C@@H]([C@H](C)CCO)CC[C@@H]12.